The first-order chi connectivity index (χ1) is 30.3. The van der Waals surface area contributed by atoms with Gasteiger partial charge in [0.1, 0.15) is 23.7 Å². The minimum atomic E-state index is -0.607. The van der Waals surface area contributed by atoms with E-state index in [4.69, 9.17) is 19.4 Å². The van der Waals surface area contributed by atoms with E-state index < -0.39 is 24.3 Å². The highest BCUT2D eigenvalue weighted by atomic mass is 16.5. The van der Waals surface area contributed by atoms with Crippen molar-refractivity contribution in [3.63, 3.8) is 0 Å². The van der Waals surface area contributed by atoms with Crippen LogP contribution < -0.4 is 10.6 Å². The second kappa shape index (κ2) is 18.2. The number of aromatic nitrogens is 4. The number of imidazole rings is 2. The summed E-state index contributed by atoms with van der Waals surface area (Å²) >= 11 is 0. The Bertz CT molecular complexity index is 2250. The molecule has 9 rings (SSSR count). The maximum absolute atomic E-state index is 14.1. The summed E-state index contributed by atoms with van der Waals surface area (Å²) in [6.45, 7) is 1.24. The highest BCUT2D eigenvalue weighted by Gasteiger charge is 2.41. The van der Waals surface area contributed by atoms with Crippen molar-refractivity contribution in [2.75, 3.05) is 27.3 Å². The molecule has 0 unspecified atom stereocenters. The Balaban J connectivity index is 0.895. The number of rotatable bonds is 10. The van der Waals surface area contributed by atoms with E-state index >= 15 is 0 Å². The summed E-state index contributed by atoms with van der Waals surface area (Å²) in [5, 5.41) is 5.76. The summed E-state index contributed by atoms with van der Waals surface area (Å²) in [6.07, 6.45) is 12.4. The molecule has 0 radical (unpaired) electrons. The molecular weight excluding hydrogens is 785 g/mol. The maximum Gasteiger partial charge on any atom is 0.407 e. The van der Waals surface area contributed by atoms with Crippen LogP contribution in [0.2, 0.25) is 0 Å². The SMILES string of the molecule is COC(=O)N[C@H](C(=O)N1CCC[C@H]1c1nc2ccc(-c3ccc(-c4ccc5nc([C@@H]6CCCN6C(=O)[C@@H](NC(=O)OC)C6CCCCC6)[nH]c5c4)cc3)cc2[nH]1)C1CCCCC1. The first-order valence-corrected chi connectivity index (χ1v) is 22.7. The molecular formula is C48H58N8O6. The Kier molecular flexibility index (Phi) is 12.2. The van der Waals surface area contributed by atoms with Crippen LogP contribution in [0.25, 0.3) is 44.3 Å². The number of carbonyl (C=O) groups excluding carboxylic acids is 4. The Labute approximate surface area is 361 Å². The maximum atomic E-state index is 14.1. The fraction of sp³-hybridized carbons (Fsp3) is 0.500. The van der Waals surface area contributed by atoms with Crippen molar-refractivity contribution < 1.29 is 28.7 Å². The van der Waals surface area contributed by atoms with Crippen LogP contribution >= 0.6 is 0 Å². The molecule has 14 heteroatoms. The molecule has 3 aromatic carbocycles. The lowest BCUT2D eigenvalue weighted by molar-refractivity contribution is -0.136. The van der Waals surface area contributed by atoms with Crippen LogP contribution in [0.4, 0.5) is 9.59 Å². The van der Waals surface area contributed by atoms with Crippen LogP contribution in [0, 0.1) is 11.8 Å². The largest absolute Gasteiger partial charge is 0.453 e. The minimum Gasteiger partial charge on any atom is -0.453 e. The molecule has 2 aromatic heterocycles. The number of hydrogen-bond donors (Lipinski definition) is 4. The van der Waals surface area contributed by atoms with Gasteiger partial charge in [-0.1, -0.05) is 74.9 Å². The number of carbonyl (C=O) groups is 4. The van der Waals surface area contributed by atoms with E-state index in [1.807, 2.05) is 21.9 Å². The van der Waals surface area contributed by atoms with Crippen molar-refractivity contribution in [2.45, 2.75) is 114 Å². The molecule has 14 nitrogen and oxygen atoms in total. The number of hydrogen-bond acceptors (Lipinski definition) is 8. The monoisotopic (exact) mass is 842 g/mol. The van der Waals surface area contributed by atoms with Gasteiger partial charge in [0.25, 0.3) is 0 Å². The van der Waals surface area contributed by atoms with E-state index in [0.29, 0.717) is 13.1 Å². The molecule has 2 saturated heterocycles. The topological polar surface area (TPSA) is 175 Å². The molecule has 5 aromatic rings. The van der Waals surface area contributed by atoms with Crippen LogP contribution in [0.1, 0.15) is 114 Å². The van der Waals surface area contributed by atoms with Gasteiger partial charge in [-0.15, -0.1) is 0 Å². The molecule has 4 amide bonds. The average molecular weight is 843 g/mol. The molecule has 4 heterocycles. The van der Waals surface area contributed by atoms with Crippen LogP contribution in [0.3, 0.4) is 0 Å². The Morgan fingerprint density at radius 3 is 1.32 bits per heavy atom. The van der Waals surface area contributed by atoms with Gasteiger partial charge in [0.05, 0.1) is 48.4 Å². The van der Waals surface area contributed by atoms with Crippen molar-refractivity contribution in [1.29, 1.82) is 0 Å². The fourth-order valence-electron chi connectivity index (χ4n) is 10.6. The van der Waals surface area contributed by atoms with E-state index in [1.165, 1.54) is 14.2 Å². The first kappa shape index (κ1) is 41.4. The second-order valence-corrected chi connectivity index (χ2v) is 17.7. The lowest BCUT2D eigenvalue weighted by Crippen LogP contribution is -2.52. The number of ether oxygens (including phenoxy) is 2. The quantitative estimate of drug-likeness (QED) is 0.108. The van der Waals surface area contributed by atoms with Crippen molar-refractivity contribution in [1.82, 2.24) is 40.4 Å². The predicted octanol–water partition coefficient (Wildman–Crippen LogP) is 8.71. The first-order valence-electron chi connectivity index (χ1n) is 22.7. The Hall–Kier alpha value is -5.92. The van der Waals surface area contributed by atoms with Gasteiger partial charge in [0.2, 0.25) is 11.8 Å². The van der Waals surface area contributed by atoms with Crippen molar-refractivity contribution in [2.24, 2.45) is 11.8 Å². The zero-order valence-corrected chi connectivity index (χ0v) is 35.8. The third kappa shape index (κ3) is 8.48. The Morgan fingerprint density at radius 2 is 0.935 bits per heavy atom. The summed E-state index contributed by atoms with van der Waals surface area (Å²) in [4.78, 5) is 73.7. The molecule has 0 spiro atoms. The van der Waals surface area contributed by atoms with Crippen molar-refractivity contribution in [3.05, 3.63) is 72.3 Å². The summed E-state index contributed by atoms with van der Waals surface area (Å²) < 4.78 is 9.84. The molecule has 4 fully saturated rings. The standard InChI is InChI=1S/C48H58N8O6/c1-61-47(59)53-41(31-11-5-3-6-12-31)45(57)55-25-9-15-39(55)43-49-35-23-21-33(27-37(35)51-43)29-17-19-30(20-18-29)34-22-24-36-38(28-34)52-44(50-36)40-16-10-26-56(40)46(58)42(54-48(60)62-2)32-13-7-4-8-14-32/h17-24,27-28,31-32,39-42H,3-16,25-26H2,1-2H3,(H,49,51)(H,50,52)(H,53,59)(H,54,60)/t39-,40-,41-,42-/m0/s1. The number of amides is 4. The molecule has 2 aliphatic heterocycles. The number of benzene rings is 3. The van der Waals surface area contributed by atoms with Crippen LogP contribution in [0.5, 0.6) is 0 Å². The van der Waals surface area contributed by atoms with Gasteiger partial charge in [-0.25, -0.2) is 19.6 Å². The van der Waals surface area contributed by atoms with E-state index in [1.54, 1.807) is 0 Å². The molecule has 2 saturated carbocycles. The molecule has 4 atom stereocenters. The lowest BCUT2D eigenvalue weighted by atomic mass is 9.83. The van der Waals surface area contributed by atoms with Crippen LogP contribution in [-0.4, -0.2) is 93.1 Å². The van der Waals surface area contributed by atoms with Gasteiger partial charge in [-0.05, 0) is 110 Å². The number of methoxy groups -OCH3 is 2. The zero-order valence-electron chi connectivity index (χ0n) is 35.8. The van der Waals surface area contributed by atoms with Gasteiger partial charge < -0.3 is 39.9 Å². The van der Waals surface area contributed by atoms with Crippen LogP contribution in [-0.2, 0) is 19.1 Å². The van der Waals surface area contributed by atoms with Gasteiger partial charge in [-0.3, -0.25) is 9.59 Å². The number of fused-ring (bicyclic) bond motifs is 2. The molecule has 4 aliphatic rings. The summed E-state index contributed by atoms with van der Waals surface area (Å²) in [5.41, 5.74) is 7.74. The fourth-order valence-corrected chi connectivity index (χ4v) is 10.6. The number of aromatic amines is 2. The van der Waals surface area contributed by atoms with E-state index in [2.05, 4.69) is 69.1 Å². The van der Waals surface area contributed by atoms with Crippen molar-refractivity contribution in [3.8, 4) is 22.3 Å². The lowest BCUT2D eigenvalue weighted by Gasteiger charge is -2.34. The second-order valence-electron chi connectivity index (χ2n) is 17.7. The molecule has 2 aliphatic carbocycles. The highest BCUT2D eigenvalue weighted by Crippen LogP contribution is 2.38. The highest BCUT2D eigenvalue weighted by molar-refractivity contribution is 5.89. The molecule has 0 bridgehead atoms. The molecule has 326 valence electrons. The van der Waals surface area contributed by atoms with E-state index in [-0.39, 0.29) is 35.7 Å². The van der Waals surface area contributed by atoms with Gasteiger partial charge >= 0.3 is 12.2 Å². The summed E-state index contributed by atoms with van der Waals surface area (Å²) in [7, 11) is 2.67. The number of alkyl carbamates (subject to hydrolysis) is 2. The molecule has 4 N–H and O–H groups in total. The van der Waals surface area contributed by atoms with Crippen molar-refractivity contribution >= 4 is 46.1 Å². The number of nitrogens with one attached hydrogen (secondary N) is 4. The van der Waals surface area contributed by atoms with Crippen LogP contribution in [0.15, 0.2) is 60.7 Å². The average Bonchev–Trinajstić information content (AvgIpc) is 4.16. The summed E-state index contributed by atoms with van der Waals surface area (Å²) in [5.74, 6) is 1.61. The minimum absolute atomic E-state index is 0.0558. The normalized spacial score (nSPS) is 20.9. The molecule has 62 heavy (non-hydrogen) atoms. The predicted molar refractivity (Wildman–Crippen MR) is 236 cm³/mol. The van der Waals surface area contributed by atoms with Gasteiger partial charge in [-0.2, -0.15) is 0 Å². The Morgan fingerprint density at radius 1 is 0.548 bits per heavy atom. The van der Waals surface area contributed by atoms with E-state index in [9.17, 15) is 19.2 Å². The number of likely N-dealkylation sites (tertiary alicyclic amines) is 2. The van der Waals surface area contributed by atoms with E-state index in [0.717, 1.165) is 146 Å². The third-order valence-corrected chi connectivity index (χ3v) is 13.9. The van der Waals surface area contributed by atoms with Gasteiger partial charge in [0.15, 0.2) is 0 Å². The number of H-pyrrole nitrogens is 2. The summed E-state index contributed by atoms with van der Waals surface area (Å²) in [6, 6.07) is 19.3. The number of nitrogens with zero attached hydrogens (tertiary/aromatic N) is 4. The van der Waals surface area contributed by atoms with Gasteiger partial charge in [0, 0.05) is 13.1 Å². The smallest absolute Gasteiger partial charge is 0.407 e. The zero-order chi connectivity index (χ0) is 42.7. The third-order valence-electron chi connectivity index (χ3n) is 13.9.